The van der Waals surface area contributed by atoms with Crippen molar-refractivity contribution in [2.75, 3.05) is 52.9 Å². The maximum absolute atomic E-state index is 12.0. The van der Waals surface area contributed by atoms with E-state index >= 15 is 0 Å². The summed E-state index contributed by atoms with van der Waals surface area (Å²) in [6.07, 6.45) is 5.71. The number of carbonyl (C=O) groups excluding carboxylic acids is 2. The minimum Gasteiger partial charge on any atom is -0.603 e. The van der Waals surface area contributed by atoms with Crippen molar-refractivity contribution in [2.45, 2.75) is 59.4 Å². The molecule has 13 nitrogen and oxygen atoms in total. The zero-order chi connectivity index (χ0) is 37.7. The second kappa shape index (κ2) is 19.1. The van der Waals surface area contributed by atoms with Crippen LogP contribution >= 0.6 is 0 Å². The van der Waals surface area contributed by atoms with Gasteiger partial charge in [-0.25, -0.2) is 9.59 Å². The highest BCUT2D eigenvalue weighted by molar-refractivity contribution is 7.84. The average Bonchev–Trinajstić information content (AvgIpc) is 3.95. The van der Waals surface area contributed by atoms with Crippen LogP contribution in [0.15, 0.2) is 77.2 Å². The summed E-state index contributed by atoms with van der Waals surface area (Å²) >= 11 is 0. The van der Waals surface area contributed by atoms with Crippen LogP contribution in [0, 0.1) is 23.7 Å². The number of nitrogens with zero attached hydrogens (tertiary/aromatic N) is 4. The van der Waals surface area contributed by atoms with Crippen LogP contribution in [0.5, 0.6) is 0 Å². The highest BCUT2D eigenvalue weighted by Gasteiger charge is 2.44. The van der Waals surface area contributed by atoms with E-state index in [1.165, 1.54) is 0 Å². The lowest BCUT2D eigenvalue weighted by Crippen LogP contribution is -2.51. The zero-order valence-corrected chi connectivity index (χ0v) is 31.5. The lowest BCUT2D eigenvalue weighted by atomic mass is 10.00. The van der Waals surface area contributed by atoms with Gasteiger partial charge in [-0.15, -0.1) is 8.42 Å². The standard InChI is InChI=1S/C15H19NO3.C15H17NO2.C8H18N2O4S/c17-14-7-6-12-8-16(9-13(12)14)15(18)19-10-11-4-2-1-3-5-11;17-15(18-11-12-5-2-1-3-6-12)16-9-13-7-4-8-14(13)10-16;1-5-10(6-2,7-3)15(12,13)9-8(11)14-4/h1-5,12-14,17H,6-10H2;1-7,13-14H,8-11H2;5-7H2,1-4H3/t12-,13+,14-;13-,14+;/m01./s1. The Hall–Kier alpha value is -4.14. The summed E-state index contributed by atoms with van der Waals surface area (Å²) in [7, 11) is -2.76. The van der Waals surface area contributed by atoms with Crippen LogP contribution < -0.4 is 5.11 Å². The number of allylic oxidation sites excluding steroid dienone is 1. The average molecular weight is 743 g/mol. The van der Waals surface area contributed by atoms with Gasteiger partial charge in [0.1, 0.15) is 13.2 Å². The van der Waals surface area contributed by atoms with Gasteiger partial charge in [0, 0.05) is 32.1 Å². The summed E-state index contributed by atoms with van der Waals surface area (Å²) < 4.78 is 41.4. The number of methoxy groups -OCH3 is 1. The van der Waals surface area contributed by atoms with Crippen molar-refractivity contribution in [1.82, 2.24) is 9.80 Å². The fraction of sp³-hybridized carbons (Fsp3) is 0.553. The molecule has 3 fully saturated rings. The topological polar surface area (TPSA) is 158 Å². The normalized spacial score (nSPS) is 23.5. The van der Waals surface area contributed by atoms with Gasteiger partial charge >= 0.3 is 22.4 Å². The lowest BCUT2D eigenvalue weighted by Gasteiger charge is -2.31. The molecule has 2 aromatic carbocycles. The van der Waals surface area contributed by atoms with E-state index in [9.17, 15) is 28.2 Å². The smallest absolute Gasteiger partial charge is 0.416 e. The molecule has 0 spiro atoms. The zero-order valence-electron chi connectivity index (χ0n) is 30.7. The van der Waals surface area contributed by atoms with E-state index in [4.69, 9.17) is 9.47 Å². The Kier molecular flexibility index (Phi) is 14.9. The molecule has 1 saturated carbocycles. The molecule has 0 radical (unpaired) electrons. The molecule has 2 amide bonds. The van der Waals surface area contributed by atoms with Gasteiger partial charge in [0.25, 0.3) is 0 Å². The van der Waals surface area contributed by atoms with E-state index < -0.39 is 16.3 Å². The van der Waals surface area contributed by atoms with Gasteiger partial charge in [-0.05, 0) is 76.0 Å². The summed E-state index contributed by atoms with van der Waals surface area (Å²) in [4.78, 5) is 27.5. The molecule has 0 unspecified atom stereocenters. The second-order valence-electron chi connectivity index (χ2n) is 13.6. The van der Waals surface area contributed by atoms with Crippen molar-refractivity contribution in [1.29, 1.82) is 0 Å². The summed E-state index contributed by atoms with van der Waals surface area (Å²) in [5, 5.41) is 20.7. The van der Waals surface area contributed by atoms with E-state index in [1.54, 1.807) is 25.7 Å². The van der Waals surface area contributed by atoms with Gasteiger partial charge in [-0.1, -0.05) is 77.2 Å². The quantitative estimate of drug-likeness (QED) is 0.171. The number of likely N-dealkylation sites (tertiary alicyclic amines) is 2. The third-order valence-electron chi connectivity index (χ3n) is 10.6. The van der Waals surface area contributed by atoms with Crippen molar-refractivity contribution in [3.05, 3.63) is 83.9 Å². The monoisotopic (exact) mass is 742 g/mol. The van der Waals surface area contributed by atoms with Crippen LogP contribution in [0.2, 0.25) is 0 Å². The fourth-order valence-electron chi connectivity index (χ4n) is 7.33. The summed E-state index contributed by atoms with van der Waals surface area (Å²) in [5.41, 5.74) is 2.03. The van der Waals surface area contributed by atoms with Crippen molar-refractivity contribution < 1.29 is 46.3 Å². The number of hydrogen-bond donors (Lipinski definition) is 1. The third-order valence-corrected chi connectivity index (χ3v) is 12.8. The molecule has 2 heterocycles. The lowest BCUT2D eigenvalue weighted by molar-refractivity contribution is -0.800. The van der Waals surface area contributed by atoms with E-state index in [1.807, 2.05) is 65.6 Å². The number of aliphatic hydroxyl groups excluding tert-OH is 1. The first-order valence-corrected chi connectivity index (χ1v) is 19.5. The number of hydrogen-bond acceptors (Lipinski definition) is 9. The second-order valence-corrected chi connectivity index (χ2v) is 15.4. The first-order chi connectivity index (χ1) is 25.0. The van der Waals surface area contributed by atoms with Gasteiger partial charge in [0.2, 0.25) is 0 Å². The van der Waals surface area contributed by atoms with E-state index in [0.29, 0.717) is 57.1 Å². The number of benzene rings is 2. The van der Waals surface area contributed by atoms with Crippen molar-refractivity contribution in [3.63, 3.8) is 0 Å². The molecule has 6 rings (SSSR count). The summed E-state index contributed by atoms with van der Waals surface area (Å²) in [6, 6.07) is 19.5. The molecule has 4 aliphatic rings. The Morgan fingerprint density at radius 2 is 1.35 bits per heavy atom. The maximum atomic E-state index is 12.0. The molecule has 286 valence electrons. The van der Waals surface area contributed by atoms with Crippen LogP contribution in [0.25, 0.3) is 0 Å². The van der Waals surface area contributed by atoms with E-state index in [0.717, 1.165) is 57.1 Å². The van der Waals surface area contributed by atoms with Gasteiger partial charge in [-0.3, -0.25) is 0 Å². The largest absolute Gasteiger partial charge is 0.603 e. The Labute approximate surface area is 308 Å². The van der Waals surface area contributed by atoms with Crippen LogP contribution in [0.1, 0.15) is 51.2 Å². The molecule has 2 aliphatic carbocycles. The van der Waals surface area contributed by atoms with E-state index in [-0.39, 0.29) is 28.1 Å². The van der Waals surface area contributed by atoms with Gasteiger partial charge in [-0.2, -0.15) is 3.89 Å². The van der Waals surface area contributed by atoms with Crippen LogP contribution in [-0.2, 0) is 37.6 Å². The van der Waals surface area contributed by atoms with Gasteiger partial charge < -0.3 is 34.2 Å². The molecule has 14 heteroatoms. The predicted molar refractivity (Wildman–Crippen MR) is 195 cm³/mol. The molecule has 52 heavy (non-hydrogen) atoms. The Morgan fingerprint density at radius 3 is 1.83 bits per heavy atom. The molecule has 2 saturated heterocycles. The van der Waals surface area contributed by atoms with Crippen molar-refractivity contribution in [2.24, 2.45) is 28.1 Å². The molecule has 2 aromatic rings. The molecular weight excluding hydrogens is 689 g/mol. The molecular formula is C38H54N4O9S. The number of aliphatic hydroxyl groups is 1. The molecule has 1 N–H and O–H groups in total. The molecule has 2 aliphatic heterocycles. The minimum absolute atomic E-state index is 0.179. The number of amides is 2. The number of ether oxygens (including phenoxy) is 3. The van der Waals surface area contributed by atoms with Crippen molar-refractivity contribution in [3.8, 4) is 0 Å². The fourth-order valence-corrected chi connectivity index (χ4v) is 8.74. The maximum Gasteiger partial charge on any atom is 0.416 e. The van der Waals surface area contributed by atoms with E-state index in [2.05, 4.69) is 21.3 Å². The van der Waals surface area contributed by atoms with Gasteiger partial charge in [0.15, 0.2) is 6.08 Å². The Balaban J connectivity index is 0.000000176. The Morgan fingerprint density at radius 1 is 0.827 bits per heavy atom. The molecule has 0 bridgehead atoms. The number of rotatable bonds is 9. The summed E-state index contributed by atoms with van der Waals surface area (Å²) in [6.45, 7) is 10.1. The number of fused-ring (bicyclic) bond motifs is 2. The first kappa shape index (κ1) is 40.6. The van der Waals surface area contributed by atoms with Crippen LogP contribution in [0.3, 0.4) is 0 Å². The van der Waals surface area contributed by atoms with Crippen LogP contribution in [-0.4, -0.2) is 105 Å². The number of quaternary nitrogens is 1. The third kappa shape index (κ3) is 10.5. The summed E-state index contributed by atoms with van der Waals surface area (Å²) in [5.74, 6) is 1.88. The molecule has 0 aromatic heterocycles. The Bertz CT molecular complexity index is 1590. The first-order valence-electron chi connectivity index (χ1n) is 18.1. The van der Waals surface area contributed by atoms with Crippen LogP contribution in [0.4, 0.5) is 9.59 Å². The van der Waals surface area contributed by atoms with Crippen molar-refractivity contribution >= 4 is 28.5 Å². The SMILES string of the molecule is CC[N+](CC)(CC)S(=O)(=O)N=C([O-])OC.O=C(OCc1ccccc1)N1C[C@@H]2CC=C[C@@H]2C1.O=C(OCc1ccccc1)N1C[C@@H]2CC[C@H](O)[C@@H]2C1. The predicted octanol–water partition coefficient (Wildman–Crippen LogP) is 4.33. The number of carbonyl (C=O) groups is 2. The van der Waals surface area contributed by atoms with Gasteiger partial charge in [0.05, 0.1) is 25.7 Å². The highest BCUT2D eigenvalue weighted by Crippen LogP contribution is 2.38. The highest BCUT2D eigenvalue weighted by atomic mass is 32.2. The molecule has 5 atom stereocenters. The minimum atomic E-state index is -3.86.